The molecule has 5 nitrogen and oxygen atoms in total. The van der Waals surface area contributed by atoms with E-state index in [2.05, 4.69) is 5.32 Å². The average Bonchev–Trinajstić information content (AvgIpc) is 3.10. The maximum Gasteiger partial charge on any atom is 0.341 e. The first-order valence-corrected chi connectivity index (χ1v) is 7.48. The molecule has 1 aliphatic rings. The summed E-state index contributed by atoms with van der Waals surface area (Å²) in [5.41, 5.74) is 1.41. The number of ether oxygens (including phenoxy) is 1. The summed E-state index contributed by atoms with van der Waals surface area (Å²) < 4.78 is 5.06. The molecule has 1 N–H and O–H groups in total. The Bertz CT molecular complexity index is 545. The minimum atomic E-state index is -0.409. The molecule has 0 aromatic carbocycles. The number of carbonyl (C=O) groups excluding carboxylic acids is 3. The van der Waals surface area contributed by atoms with Gasteiger partial charge in [0.05, 0.1) is 18.6 Å². The third-order valence-electron chi connectivity index (χ3n) is 2.98. The molecule has 6 heteroatoms. The van der Waals surface area contributed by atoms with Crippen molar-refractivity contribution in [3.63, 3.8) is 0 Å². The Labute approximate surface area is 121 Å². The number of ketones is 1. The van der Waals surface area contributed by atoms with E-state index in [1.807, 2.05) is 5.38 Å². The molecule has 1 aromatic heterocycles. The van der Waals surface area contributed by atoms with Gasteiger partial charge < -0.3 is 10.1 Å². The van der Waals surface area contributed by atoms with Gasteiger partial charge in [-0.1, -0.05) is 0 Å². The minimum Gasteiger partial charge on any atom is -0.462 e. The molecule has 0 bridgehead atoms. The number of anilines is 1. The van der Waals surface area contributed by atoms with Crippen molar-refractivity contribution in [3.05, 3.63) is 16.5 Å². The van der Waals surface area contributed by atoms with Crippen LogP contribution in [0.3, 0.4) is 0 Å². The van der Waals surface area contributed by atoms with Gasteiger partial charge in [-0.05, 0) is 43.6 Å². The summed E-state index contributed by atoms with van der Waals surface area (Å²) in [6.45, 7) is 3.39. The molecule has 2 rings (SSSR count). The molecule has 1 aliphatic carbocycles. The van der Waals surface area contributed by atoms with Gasteiger partial charge in [0.15, 0.2) is 0 Å². The van der Waals surface area contributed by atoms with Gasteiger partial charge in [-0.3, -0.25) is 9.59 Å². The molecule has 1 saturated carbocycles. The van der Waals surface area contributed by atoms with Crippen molar-refractivity contribution in [3.8, 4) is 0 Å². The number of thiophene rings is 1. The SMILES string of the molecule is CCOC(=O)c1c(C2CC2)csc1NC(=O)CC(C)=O. The van der Waals surface area contributed by atoms with Crippen LogP contribution in [0.4, 0.5) is 5.00 Å². The van der Waals surface area contributed by atoms with E-state index in [-0.39, 0.29) is 12.2 Å². The van der Waals surface area contributed by atoms with Crippen molar-refractivity contribution < 1.29 is 19.1 Å². The Morgan fingerprint density at radius 3 is 2.65 bits per heavy atom. The van der Waals surface area contributed by atoms with Crippen molar-refractivity contribution in [2.45, 2.75) is 39.0 Å². The van der Waals surface area contributed by atoms with Crippen molar-refractivity contribution in [2.75, 3.05) is 11.9 Å². The van der Waals surface area contributed by atoms with Gasteiger partial charge in [-0.2, -0.15) is 0 Å². The molecule has 1 heterocycles. The molecule has 20 heavy (non-hydrogen) atoms. The first-order chi connectivity index (χ1) is 9.52. The second kappa shape index (κ2) is 6.17. The Morgan fingerprint density at radius 1 is 1.40 bits per heavy atom. The van der Waals surface area contributed by atoms with Crippen LogP contribution in [0.15, 0.2) is 5.38 Å². The Hall–Kier alpha value is -1.69. The zero-order valence-electron chi connectivity index (χ0n) is 11.5. The van der Waals surface area contributed by atoms with Crippen molar-refractivity contribution in [1.82, 2.24) is 0 Å². The second-order valence-electron chi connectivity index (χ2n) is 4.82. The summed E-state index contributed by atoms with van der Waals surface area (Å²) in [4.78, 5) is 34.7. The smallest absolute Gasteiger partial charge is 0.341 e. The van der Waals surface area contributed by atoms with Crippen LogP contribution in [0.25, 0.3) is 0 Å². The van der Waals surface area contributed by atoms with Crippen LogP contribution in [0.1, 0.15) is 54.9 Å². The van der Waals surface area contributed by atoms with E-state index in [1.165, 1.54) is 18.3 Å². The number of Topliss-reactive ketones (excluding diaryl/α,β-unsaturated/α-hetero) is 1. The summed E-state index contributed by atoms with van der Waals surface area (Å²) in [6.07, 6.45) is 1.94. The van der Waals surface area contributed by atoms with E-state index < -0.39 is 11.9 Å². The molecule has 0 atom stereocenters. The molecule has 0 unspecified atom stereocenters. The van der Waals surface area contributed by atoms with E-state index in [0.29, 0.717) is 23.1 Å². The van der Waals surface area contributed by atoms with Crippen molar-refractivity contribution in [2.24, 2.45) is 0 Å². The van der Waals surface area contributed by atoms with Crippen LogP contribution in [0.2, 0.25) is 0 Å². The largest absolute Gasteiger partial charge is 0.462 e. The quantitative estimate of drug-likeness (QED) is 0.647. The molecule has 1 aromatic rings. The van der Waals surface area contributed by atoms with Gasteiger partial charge >= 0.3 is 5.97 Å². The van der Waals surface area contributed by atoms with E-state index in [9.17, 15) is 14.4 Å². The van der Waals surface area contributed by atoms with E-state index >= 15 is 0 Å². The zero-order valence-corrected chi connectivity index (χ0v) is 12.3. The van der Waals surface area contributed by atoms with Crippen molar-refractivity contribution in [1.29, 1.82) is 0 Å². The van der Waals surface area contributed by atoms with Gasteiger partial charge in [0.25, 0.3) is 0 Å². The normalized spacial score (nSPS) is 13.9. The van der Waals surface area contributed by atoms with Crippen LogP contribution >= 0.6 is 11.3 Å². The highest BCUT2D eigenvalue weighted by molar-refractivity contribution is 7.15. The number of rotatable bonds is 6. The van der Waals surface area contributed by atoms with Gasteiger partial charge in [-0.15, -0.1) is 11.3 Å². The molecule has 108 valence electrons. The maximum absolute atomic E-state index is 12.0. The molecule has 1 amide bonds. The zero-order chi connectivity index (χ0) is 14.7. The molecule has 0 spiro atoms. The third-order valence-corrected chi connectivity index (χ3v) is 3.89. The lowest BCUT2D eigenvalue weighted by atomic mass is 10.1. The van der Waals surface area contributed by atoms with Gasteiger partial charge in [0.2, 0.25) is 5.91 Å². The van der Waals surface area contributed by atoms with Crippen LogP contribution in [-0.4, -0.2) is 24.3 Å². The predicted octanol–water partition coefficient (Wildman–Crippen LogP) is 2.72. The molecule has 1 fully saturated rings. The number of nitrogens with one attached hydrogen (secondary N) is 1. The third kappa shape index (κ3) is 3.45. The number of esters is 1. The van der Waals surface area contributed by atoms with Crippen LogP contribution < -0.4 is 5.32 Å². The van der Waals surface area contributed by atoms with Gasteiger partial charge in [-0.25, -0.2) is 4.79 Å². The molecular formula is C14H17NO4S. The summed E-state index contributed by atoms with van der Waals surface area (Å²) in [5, 5.41) is 5.02. The topological polar surface area (TPSA) is 72.5 Å². The van der Waals surface area contributed by atoms with Crippen LogP contribution in [0.5, 0.6) is 0 Å². The monoisotopic (exact) mass is 295 g/mol. The van der Waals surface area contributed by atoms with Crippen LogP contribution in [0, 0.1) is 0 Å². The van der Waals surface area contributed by atoms with E-state index in [1.54, 1.807) is 6.92 Å². The highest BCUT2D eigenvalue weighted by Gasteiger charge is 2.32. The highest BCUT2D eigenvalue weighted by Crippen LogP contribution is 2.46. The van der Waals surface area contributed by atoms with E-state index in [4.69, 9.17) is 4.74 Å². The first-order valence-electron chi connectivity index (χ1n) is 6.60. The van der Waals surface area contributed by atoms with Crippen LogP contribution in [-0.2, 0) is 14.3 Å². The standard InChI is InChI=1S/C14H17NO4S/c1-3-19-14(18)12-10(9-4-5-9)7-20-13(12)15-11(17)6-8(2)16/h7,9H,3-6H2,1-2H3,(H,15,17). The average molecular weight is 295 g/mol. The lowest BCUT2D eigenvalue weighted by Gasteiger charge is -2.07. The molecule has 0 aliphatic heterocycles. The maximum atomic E-state index is 12.0. The van der Waals surface area contributed by atoms with Gasteiger partial charge in [0.1, 0.15) is 10.8 Å². The van der Waals surface area contributed by atoms with Gasteiger partial charge in [0, 0.05) is 0 Å². The fourth-order valence-corrected chi connectivity index (χ4v) is 3.02. The Morgan fingerprint density at radius 2 is 2.10 bits per heavy atom. The number of hydrogen-bond donors (Lipinski definition) is 1. The molecule has 0 saturated heterocycles. The number of carbonyl (C=O) groups is 3. The Kier molecular flexibility index (Phi) is 4.54. The number of hydrogen-bond acceptors (Lipinski definition) is 5. The number of amides is 1. The lowest BCUT2D eigenvalue weighted by molar-refractivity contribution is -0.124. The summed E-state index contributed by atoms with van der Waals surface area (Å²) in [5.74, 6) is -0.621. The Balaban J connectivity index is 2.21. The molecule has 0 radical (unpaired) electrons. The summed E-state index contributed by atoms with van der Waals surface area (Å²) in [6, 6.07) is 0. The summed E-state index contributed by atoms with van der Waals surface area (Å²) >= 11 is 1.31. The fourth-order valence-electron chi connectivity index (χ4n) is 1.97. The minimum absolute atomic E-state index is 0.182. The second-order valence-corrected chi connectivity index (χ2v) is 5.70. The molecular weight excluding hydrogens is 278 g/mol. The van der Waals surface area contributed by atoms with Crippen molar-refractivity contribution >= 4 is 34.0 Å². The van der Waals surface area contributed by atoms with E-state index in [0.717, 1.165) is 18.4 Å². The fraction of sp³-hybridized carbons (Fsp3) is 0.500. The predicted molar refractivity (Wildman–Crippen MR) is 76.2 cm³/mol. The lowest BCUT2D eigenvalue weighted by Crippen LogP contribution is -2.17. The summed E-state index contributed by atoms with van der Waals surface area (Å²) in [7, 11) is 0. The first kappa shape index (κ1) is 14.7. The highest BCUT2D eigenvalue weighted by atomic mass is 32.1.